The second kappa shape index (κ2) is 7.26. The summed E-state index contributed by atoms with van der Waals surface area (Å²) >= 11 is 0. The number of alkyl halides is 3. The van der Waals surface area contributed by atoms with Crippen molar-refractivity contribution >= 4 is 5.91 Å². The van der Waals surface area contributed by atoms with E-state index in [1.165, 1.54) is 28.7 Å². The fourth-order valence-electron chi connectivity index (χ4n) is 2.47. The van der Waals surface area contributed by atoms with Gasteiger partial charge in [0.05, 0.1) is 18.3 Å². The van der Waals surface area contributed by atoms with Gasteiger partial charge in [0.2, 0.25) is 0 Å². The molecule has 1 saturated heterocycles. The van der Waals surface area contributed by atoms with Crippen molar-refractivity contribution in [3.8, 4) is 0 Å². The van der Waals surface area contributed by atoms with E-state index in [0.717, 1.165) is 6.07 Å². The third-order valence-corrected chi connectivity index (χ3v) is 3.65. The number of amides is 1. The van der Waals surface area contributed by atoms with Crippen LogP contribution in [0.3, 0.4) is 0 Å². The monoisotopic (exact) mass is 334 g/mol. The molecule has 1 aromatic rings. The number of carbonyl (C=O) groups is 1. The van der Waals surface area contributed by atoms with Crippen molar-refractivity contribution in [2.45, 2.75) is 37.8 Å². The Morgan fingerprint density at radius 3 is 2.74 bits per heavy atom. The van der Waals surface area contributed by atoms with Gasteiger partial charge in [0.1, 0.15) is 6.04 Å². The molecule has 0 saturated carbocycles. The second-order valence-electron chi connectivity index (χ2n) is 5.24. The predicted octanol–water partition coefficient (Wildman–Crippen LogP) is 1.47. The summed E-state index contributed by atoms with van der Waals surface area (Å²) < 4.78 is 38.8. The van der Waals surface area contributed by atoms with Gasteiger partial charge < -0.3 is 5.11 Å². The van der Waals surface area contributed by atoms with Gasteiger partial charge in [0.15, 0.2) is 0 Å². The van der Waals surface area contributed by atoms with Crippen LogP contribution >= 0.6 is 0 Å². The van der Waals surface area contributed by atoms with Crippen LogP contribution < -0.4 is 5.48 Å². The van der Waals surface area contributed by atoms with E-state index in [2.05, 4.69) is 0 Å². The van der Waals surface area contributed by atoms with Crippen molar-refractivity contribution in [1.82, 2.24) is 10.5 Å². The summed E-state index contributed by atoms with van der Waals surface area (Å²) in [7, 11) is 0. The molecular formula is C14H17F3N2O4. The molecule has 0 unspecified atom stereocenters. The Hall–Kier alpha value is -1.68. The van der Waals surface area contributed by atoms with E-state index in [1.807, 2.05) is 0 Å². The highest BCUT2D eigenvalue weighted by Crippen LogP contribution is 2.32. The number of aliphatic hydroxyl groups is 1. The van der Waals surface area contributed by atoms with Gasteiger partial charge in [-0.2, -0.15) is 18.2 Å². The van der Waals surface area contributed by atoms with Crippen LogP contribution in [0.15, 0.2) is 24.3 Å². The molecule has 0 radical (unpaired) electrons. The number of nitrogens with zero attached hydrogens (tertiary/aromatic N) is 1. The van der Waals surface area contributed by atoms with Gasteiger partial charge in [0.25, 0.3) is 5.91 Å². The lowest BCUT2D eigenvalue weighted by Gasteiger charge is -2.35. The SMILES string of the molecule is O=C(NO)[C@H]1C[C@@H](O)CCN1OCc1ccccc1C(F)(F)F. The quantitative estimate of drug-likeness (QED) is 0.574. The molecule has 1 aliphatic heterocycles. The first-order valence-electron chi connectivity index (χ1n) is 6.99. The maximum absolute atomic E-state index is 12.9. The van der Waals surface area contributed by atoms with Crippen LogP contribution in [-0.2, 0) is 22.4 Å². The van der Waals surface area contributed by atoms with E-state index in [9.17, 15) is 23.1 Å². The van der Waals surface area contributed by atoms with Crippen molar-refractivity contribution in [3.05, 3.63) is 35.4 Å². The van der Waals surface area contributed by atoms with Crippen LogP contribution in [0.5, 0.6) is 0 Å². The van der Waals surface area contributed by atoms with Crippen LogP contribution in [-0.4, -0.2) is 40.0 Å². The van der Waals surface area contributed by atoms with E-state index in [1.54, 1.807) is 0 Å². The molecular weight excluding hydrogens is 317 g/mol. The van der Waals surface area contributed by atoms with Gasteiger partial charge in [-0.05, 0) is 18.1 Å². The first-order chi connectivity index (χ1) is 10.8. The third-order valence-electron chi connectivity index (χ3n) is 3.65. The summed E-state index contributed by atoms with van der Waals surface area (Å²) in [6, 6.07) is 4.03. The number of halogens is 3. The van der Waals surface area contributed by atoms with Crippen LogP contribution in [0.25, 0.3) is 0 Å². The molecule has 0 spiro atoms. The minimum absolute atomic E-state index is 0.0211. The fourth-order valence-corrected chi connectivity index (χ4v) is 2.47. The second-order valence-corrected chi connectivity index (χ2v) is 5.24. The lowest BCUT2D eigenvalue weighted by molar-refractivity contribution is -0.221. The maximum Gasteiger partial charge on any atom is 0.416 e. The van der Waals surface area contributed by atoms with Gasteiger partial charge >= 0.3 is 6.18 Å². The normalized spacial score (nSPS) is 22.8. The highest BCUT2D eigenvalue weighted by atomic mass is 19.4. The van der Waals surface area contributed by atoms with Crippen molar-refractivity contribution in [3.63, 3.8) is 0 Å². The molecule has 1 fully saturated rings. The van der Waals surface area contributed by atoms with E-state index in [0.29, 0.717) is 6.42 Å². The number of carbonyl (C=O) groups excluding carboxylic acids is 1. The van der Waals surface area contributed by atoms with Gasteiger partial charge in [0, 0.05) is 13.0 Å². The minimum atomic E-state index is -4.50. The summed E-state index contributed by atoms with van der Waals surface area (Å²) in [6.45, 7) is -0.214. The first kappa shape index (κ1) is 17.7. The van der Waals surface area contributed by atoms with E-state index in [-0.39, 0.29) is 25.1 Å². The molecule has 9 heteroatoms. The predicted molar refractivity (Wildman–Crippen MR) is 71.9 cm³/mol. The van der Waals surface area contributed by atoms with E-state index < -0.39 is 29.8 Å². The fraction of sp³-hybridized carbons (Fsp3) is 0.500. The highest BCUT2D eigenvalue weighted by molar-refractivity contribution is 5.80. The van der Waals surface area contributed by atoms with Crippen LogP contribution in [0.2, 0.25) is 0 Å². The molecule has 0 bridgehead atoms. The molecule has 0 aliphatic carbocycles. The van der Waals surface area contributed by atoms with Gasteiger partial charge in [-0.1, -0.05) is 18.2 Å². The number of hydrogen-bond acceptors (Lipinski definition) is 5. The molecule has 128 valence electrons. The lowest BCUT2D eigenvalue weighted by Crippen LogP contribution is -2.51. The Balaban J connectivity index is 2.09. The molecule has 23 heavy (non-hydrogen) atoms. The zero-order valence-corrected chi connectivity index (χ0v) is 12.1. The standard InChI is InChI=1S/C14H17F3N2O4/c15-14(16,17)11-4-2-1-3-9(11)8-23-19-6-5-10(20)7-12(19)13(21)18-22/h1-4,10,12,20,22H,5-8H2,(H,18,21)/t10-,12+/m0/s1. The maximum atomic E-state index is 12.9. The number of hydrogen-bond donors (Lipinski definition) is 3. The molecule has 1 heterocycles. The van der Waals surface area contributed by atoms with Crippen molar-refractivity contribution in [1.29, 1.82) is 0 Å². The molecule has 2 rings (SSSR count). The van der Waals surface area contributed by atoms with E-state index in [4.69, 9.17) is 10.0 Å². The van der Waals surface area contributed by atoms with Crippen molar-refractivity contribution < 1.29 is 33.1 Å². The summed E-state index contributed by atoms with van der Waals surface area (Å²) in [4.78, 5) is 16.9. The van der Waals surface area contributed by atoms with Gasteiger partial charge in [-0.3, -0.25) is 14.8 Å². The number of hydroxylamine groups is 3. The molecule has 1 aliphatic rings. The summed E-state index contributed by atoms with van der Waals surface area (Å²) in [5.74, 6) is -0.784. The zero-order valence-electron chi connectivity index (χ0n) is 12.1. The summed E-state index contributed by atoms with van der Waals surface area (Å²) in [5, 5.41) is 19.5. The van der Waals surface area contributed by atoms with Gasteiger partial charge in [-0.25, -0.2) is 5.48 Å². The Kier molecular flexibility index (Phi) is 5.58. The summed E-state index contributed by atoms with van der Waals surface area (Å²) in [6.07, 6.45) is -4.90. The molecule has 1 amide bonds. The molecule has 3 N–H and O–H groups in total. The number of aliphatic hydroxyl groups excluding tert-OH is 1. The van der Waals surface area contributed by atoms with Crippen LogP contribution in [0.1, 0.15) is 24.0 Å². The Morgan fingerprint density at radius 2 is 2.09 bits per heavy atom. The van der Waals surface area contributed by atoms with E-state index >= 15 is 0 Å². The Bertz CT molecular complexity index is 553. The number of piperidine rings is 1. The minimum Gasteiger partial charge on any atom is -0.393 e. The first-order valence-corrected chi connectivity index (χ1v) is 6.99. The molecule has 0 aromatic heterocycles. The molecule has 1 aromatic carbocycles. The van der Waals surface area contributed by atoms with Crippen molar-refractivity contribution in [2.24, 2.45) is 0 Å². The highest BCUT2D eigenvalue weighted by Gasteiger charge is 2.35. The zero-order chi connectivity index (χ0) is 17.0. The number of nitrogens with one attached hydrogen (secondary N) is 1. The molecule has 2 atom stereocenters. The summed E-state index contributed by atoms with van der Waals surface area (Å²) in [5.41, 5.74) is 0.601. The number of rotatable bonds is 4. The lowest BCUT2D eigenvalue weighted by atomic mass is 10.0. The van der Waals surface area contributed by atoms with Crippen LogP contribution in [0, 0.1) is 0 Å². The van der Waals surface area contributed by atoms with Crippen LogP contribution in [0.4, 0.5) is 13.2 Å². The number of benzene rings is 1. The average Bonchev–Trinajstić information content (AvgIpc) is 2.52. The smallest absolute Gasteiger partial charge is 0.393 e. The molecule has 6 nitrogen and oxygen atoms in total. The Labute approximate surface area is 130 Å². The van der Waals surface area contributed by atoms with Gasteiger partial charge in [-0.15, -0.1) is 0 Å². The van der Waals surface area contributed by atoms with Crippen molar-refractivity contribution in [2.75, 3.05) is 6.54 Å². The Morgan fingerprint density at radius 1 is 1.39 bits per heavy atom. The third kappa shape index (κ3) is 4.41. The average molecular weight is 334 g/mol. The largest absolute Gasteiger partial charge is 0.416 e. The topological polar surface area (TPSA) is 82.0 Å².